The van der Waals surface area contributed by atoms with E-state index in [0.29, 0.717) is 42.5 Å². The summed E-state index contributed by atoms with van der Waals surface area (Å²) in [5, 5.41) is 10.7. The predicted molar refractivity (Wildman–Crippen MR) is 94.2 cm³/mol. The zero-order chi connectivity index (χ0) is 17.6. The summed E-state index contributed by atoms with van der Waals surface area (Å²) in [4.78, 5) is 12.3. The summed E-state index contributed by atoms with van der Waals surface area (Å²) in [5.74, 6) is 1.40. The van der Waals surface area contributed by atoms with Gasteiger partial charge in [0.15, 0.2) is 0 Å². The second-order valence-electron chi connectivity index (χ2n) is 6.63. The van der Waals surface area contributed by atoms with Gasteiger partial charge in [0.2, 0.25) is 11.8 Å². The number of hydrogen-bond acceptors (Lipinski definition) is 5. The van der Waals surface area contributed by atoms with Gasteiger partial charge in [0.1, 0.15) is 0 Å². The monoisotopic (exact) mass is 343 g/mol. The Balaban J connectivity index is 1.50. The van der Waals surface area contributed by atoms with Crippen LogP contribution < -0.4 is 5.32 Å². The molecule has 1 aromatic heterocycles. The van der Waals surface area contributed by atoms with Crippen LogP contribution in [0.4, 0.5) is 0 Å². The summed E-state index contributed by atoms with van der Waals surface area (Å²) in [7, 11) is 0. The number of rotatable bonds is 6. The van der Waals surface area contributed by atoms with Crippen molar-refractivity contribution in [3.8, 4) is 11.5 Å². The third-order valence-corrected chi connectivity index (χ3v) is 4.65. The second-order valence-corrected chi connectivity index (χ2v) is 6.63. The highest BCUT2D eigenvalue weighted by Crippen LogP contribution is 2.26. The number of nitrogens with one attached hydrogen (secondary N) is 1. The maximum Gasteiger partial charge on any atom is 0.251 e. The van der Waals surface area contributed by atoms with E-state index in [1.165, 1.54) is 19.3 Å². The lowest BCUT2D eigenvalue weighted by atomic mass is 9.88. The standard InChI is InChI=1S/C19H25N3O3/c1-13-6-3-4-9-17(13)24-11-10-20-18(23)15-7-5-8-16(12-15)19-22-21-14(2)25-19/h5,7-8,12-13,17H,3-4,6,9-11H2,1-2H3,(H,20,23)/t13-,17-/m1/s1. The fourth-order valence-electron chi connectivity index (χ4n) is 3.21. The Morgan fingerprint density at radius 1 is 1.32 bits per heavy atom. The molecule has 1 N–H and O–H groups in total. The van der Waals surface area contributed by atoms with Crippen LogP contribution in [0.15, 0.2) is 28.7 Å². The summed E-state index contributed by atoms with van der Waals surface area (Å²) in [5.41, 5.74) is 1.31. The van der Waals surface area contributed by atoms with Crippen LogP contribution in [0.1, 0.15) is 48.9 Å². The van der Waals surface area contributed by atoms with Crippen LogP contribution in [0.2, 0.25) is 0 Å². The maximum absolute atomic E-state index is 12.3. The first-order valence-corrected chi connectivity index (χ1v) is 8.94. The molecule has 6 nitrogen and oxygen atoms in total. The Hall–Kier alpha value is -2.21. The van der Waals surface area contributed by atoms with Gasteiger partial charge >= 0.3 is 0 Å². The Labute approximate surface area is 148 Å². The number of aromatic nitrogens is 2. The molecule has 1 heterocycles. The summed E-state index contributed by atoms with van der Waals surface area (Å²) < 4.78 is 11.3. The lowest BCUT2D eigenvalue weighted by molar-refractivity contribution is -0.00293. The first-order chi connectivity index (χ1) is 12.1. The van der Waals surface area contributed by atoms with Crippen LogP contribution in [0.25, 0.3) is 11.5 Å². The zero-order valence-electron chi connectivity index (χ0n) is 14.8. The van der Waals surface area contributed by atoms with Crippen LogP contribution >= 0.6 is 0 Å². The third kappa shape index (κ3) is 4.66. The van der Waals surface area contributed by atoms with Crippen molar-refractivity contribution in [2.24, 2.45) is 5.92 Å². The fourth-order valence-corrected chi connectivity index (χ4v) is 3.21. The van der Waals surface area contributed by atoms with Crippen LogP contribution in [-0.4, -0.2) is 35.4 Å². The van der Waals surface area contributed by atoms with E-state index in [1.54, 1.807) is 19.1 Å². The Morgan fingerprint density at radius 2 is 2.16 bits per heavy atom. The van der Waals surface area contributed by atoms with Crippen molar-refractivity contribution in [2.45, 2.75) is 45.6 Å². The Morgan fingerprint density at radius 3 is 2.92 bits per heavy atom. The molecule has 0 radical (unpaired) electrons. The van der Waals surface area contributed by atoms with Crippen molar-refractivity contribution in [1.29, 1.82) is 0 Å². The van der Waals surface area contributed by atoms with Gasteiger partial charge in [-0.2, -0.15) is 0 Å². The molecule has 134 valence electrons. The highest BCUT2D eigenvalue weighted by Gasteiger charge is 2.21. The number of carbonyl (C=O) groups excluding carboxylic acids is 1. The van der Waals surface area contributed by atoms with E-state index < -0.39 is 0 Å². The summed E-state index contributed by atoms with van der Waals surface area (Å²) in [6.07, 6.45) is 5.23. The minimum absolute atomic E-state index is 0.127. The molecule has 1 aliphatic carbocycles. The number of carbonyl (C=O) groups is 1. The van der Waals surface area contributed by atoms with Crippen LogP contribution in [-0.2, 0) is 4.74 Å². The molecule has 6 heteroatoms. The van der Waals surface area contributed by atoms with E-state index in [9.17, 15) is 4.79 Å². The lowest BCUT2D eigenvalue weighted by Crippen LogP contribution is -2.31. The van der Waals surface area contributed by atoms with Gasteiger partial charge in [-0.15, -0.1) is 10.2 Å². The fraction of sp³-hybridized carbons (Fsp3) is 0.526. The van der Waals surface area contributed by atoms with Gasteiger partial charge in [-0.3, -0.25) is 4.79 Å². The molecule has 0 unspecified atom stereocenters. The number of benzene rings is 1. The highest BCUT2D eigenvalue weighted by molar-refractivity contribution is 5.95. The van der Waals surface area contributed by atoms with E-state index >= 15 is 0 Å². The Bertz CT molecular complexity index is 713. The molecule has 25 heavy (non-hydrogen) atoms. The molecule has 0 saturated heterocycles. The molecule has 2 atom stereocenters. The first-order valence-electron chi connectivity index (χ1n) is 8.94. The average Bonchev–Trinajstić information content (AvgIpc) is 3.06. The van der Waals surface area contributed by atoms with Crippen LogP contribution in [0.5, 0.6) is 0 Å². The van der Waals surface area contributed by atoms with Gasteiger partial charge in [-0.1, -0.05) is 25.8 Å². The molecule has 0 aliphatic heterocycles. The van der Waals surface area contributed by atoms with Gasteiger partial charge < -0.3 is 14.5 Å². The summed E-state index contributed by atoms with van der Waals surface area (Å²) >= 11 is 0. The number of nitrogens with zero attached hydrogens (tertiary/aromatic N) is 2. The molecule has 1 aliphatic rings. The molecular weight excluding hydrogens is 318 g/mol. The first kappa shape index (κ1) is 17.6. The second kappa shape index (κ2) is 8.25. The van der Waals surface area contributed by atoms with Gasteiger partial charge in [-0.25, -0.2) is 0 Å². The van der Waals surface area contributed by atoms with Gasteiger partial charge in [-0.05, 0) is 37.0 Å². The average molecular weight is 343 g/mol. The van der Waals surface area contributed by atoms with E-state index in [1.807, 2.05) is 12.1 Å². The summed E-state index contributed by atoms with van der Waals surface area (Å²) in [6.45, 7) is 5.03. The molecular formula is C19H25N3O3. The molecule has 1 aromatic carbocycles. The molecule has 2 aromatic rings. The maximum atomic E-state index is 12.3. The number of amides is 1. The third-order valence-electron chi connectivity index (χ3n) is 4.65. The molecule has 1 amide bonds. The van der Waals surface area contributed by atoms with Crippen LogP contribution in [0.3, 0.4) is 0 Å². The minimum Gasteiger partial charge on any atom is -0.421 e. The number of hydrogen-bond donors (Lipinski definition) is 1. The quantitative estimate of drug-likeness (QED) is 0.814. The smallest absolute Gasteiger partial charge is 0.251 e. The van der Waals surface area contributed by atoms with Gasteiger partial charge in [0.25, 0.3) is 5.91 Å². The SMILES string of the molecule is Cc1nnc(-c2cccc(C(=O)NCCO[C@@H]3CCCC[C@H]3C)c2)o1. The van der Waals surface area contributed by atoms with Crippen molar-refractivity contribution < 1.29 is 13.9 Å². The van der Waals surface area contributed by atoms with Crippen molar-refractivity contribution >= 4 is 5.91 Å². The van der Waals surface area contributed by atoms with Crippen molar-refractivity contribution in [3.63, 3.8) is 0 Å². The van der Waals surface area contributed by atoms with Crippen molar-refractivity contribution in [1.82, 2.24) is 15.5 Å². The van der Waals surface area contributed by atoms with E-state index in [-0.39, 0.29) is 5.91 Å². The molecule has 1 fully saturated rings. The molecule has 0 spiro atoms. The lowest BCUT2D eigenvalue weighted by Gasteiger charge is -2.28. The van der Waals surface area contributed by atoms with Crippen molar-refractivity contribution in [2.75, 3.05) is 13.2 Å². The zero-order valence-corrected chi connectivity index (χ0v) is 14.8. The normalized spacial score (nSPS) is 20.4. The van der Waals surface area contributed by atoms with E-state index in [2.05, 4.69) is 22.4 Å². The number of ether oxygens (including phenoxy) is 1. The van der Waals surface area contributed by atoms with Crippen LogP contribution in [0, 0.1) is 12.8 Å². The van der Waals surface area contributed by atoms with E-state index in [0.717, 1.165) is 12.0 Å². The van der Waals surface area contributed by atoms with E-state index in [4.69, 9.17) is 9.15 Å². The topological polar surface area (TPSA) is 77.2 Å². The minimum atomic E-state index is -0.127. The molecule has 1 saturated carbocycles. The largest absolute Gasteiger partial charge is 0.421 e. The van der Waals surface area contributed by atoms with Gasteiger partial charge in [0.05, 0.1) is 12.7 Å². The van der Waals surface area contributed by atoms with Gasteiger partial charge in [0, 0.05) is 24.6 Å². The highest BCUT2D eigenvalue weighted by atomic mass is 16.5. The molecule has 0 bridgehead atoms. The summed E-state index contributed by atoms with van der Waals surface area (Å²) in [6, 6.07) is 7.18. The predicted octanol–water partition coefficient (Wildman–Crippen LogP) is 3.37. The Kier molecular flexibility index (Phi) is 5.81. The molecule has 3 rings (SSSR count). The van der Waals surface area contributed by atoms with Crippen molar-refractivity contribution in [3.05, 3.63) is 35.7 Å². The number of aryl methyl sites for hydroxylation is 1.